The van der Waals surface area contributed by atoms with E-state index in [1.165, 1.54) is 0 Å². The van der Waals surface area contributed by atoms with Crippen LogP contribution < -0.4 is 11.1 Å². The summed E-state index contributed by atoms with van der Waals surface area (Å²) in [6.45, 7) is 4.14. The molecule has 0 spiro atoms. The number of nitrogens with two attached hydrogens (primary N) is 1. The lowest BCUT2D eigenvalue weighted by Gasteiger charge is -2.26. The molecule has 1 aromatic rings. The summed E-state index contributed by atoms with van der Waals surface area (Å²) in [7, 11) is 0. The van der Waals surface area contributed by atoms with Gasteiger partial charge in [0.2, 0.25) is 5.95 Å². The van der Waals surface area contributed by atoms with E-state index in [-0.39, 0.29) is 29.5 Å². The van der Waals surface area contributed by atoms with E-state index in [4.69, 9.17) is 10.8 Å². The lowest BCUT2D eigenvalue weighted by Crippen LogP contribution is -2.39. The van der Waals surface area contributed by atoms with E-state index < -0.39 is 5.97 Å². The molecular weight excluding hydrogens is 296 g/mol. The fourth-order valence-corrected chi connectivity index (χ4v) is 2.90. The van der Waals surface area contributed by atoms with Crippen LogP contribution in [0.1, 0.15) is 55.7 Å². The highest BCUT2D eigenvalue weighted by Gasteiger charge is 2.27. The molecule has 7 nitrogen and oxygen atoms in total. The van der Waals surface area contributed by atoms with Crippen LogP contribution in [0.4, 0.5) is 5.95 Å². The zero-order chi connectivity index (χ0) is 17.0. The SMILES string of the molecule is CC(C)Cc1cc(C(=O)NC2CCC(C(=O)O)CC2)nc(N)n1. The number of carboxylic acid groups (broad SMARTS) is 1. The molecule has 23 heavy (non-hydrogen) atoms. The van der Waals surface area contributed by atoms with Gasteiger partial charge in [0.05, 0.1) is 5.92 Å². The first-order valence-corrected chi connectivity index (χ1v) is 8.02. The molecule has 4 N–H and O–H groups in total. The molecule has 1 heterocycles. The molecule has 1 amide bonds. The fraction of sp³-hybridized carbons (Fsp3) is 0.625. The van der Waals surface area contributed by atoms with Crippen molar-refractivity contribution in [2.75, 3.05) is 5.73 Å². The Kier molecular flexibility index (Phi) is 5.52. The second-order valence-electron chi connectivity index (χ2n) is 6.56. The molecular formula is C16H24N4O3. The Morgan fingerprint density at radius 3 is 2.52 bits per heavy atom. The average molecular weight is 320 g/mol. The molecule has 0 aromatic carbocycles. The second kappa shape index (κ2) is 7.39. The van der Waals surface area contributed by atoms with Gasteiger partial charge in [0.15, 0.2) is 0 Å². The molecule has 0 bridgehead atoms. The van der Waals surface area contributed by atoms with Crippen molar-refractivity contribution >= 4 is 17.8 Å². The first-order valence-electron chi connectivity index (χ1n) is 8.02. The molecule has 0 aliphatic heterocycles. The van der Waals surface area contributed by atoms with Crippen LogP contribution in [0.3, 0.4) is 0 Å². The van der Waals surface area contributed by atoms with E-state index in [1.54, 1.807) is 6.07 Å². The number of carbonyl (C=O) groups is 2. The van der Waals surface area contributed by atoms with E-state index >= 15 is 0 Å². The highest BCUT2D eigenvalue weighted by atomic mass is 16.4. The zero-order valence-electron chi connectivity index (χ0n) is 13.6. The van der Waals surface area contributed by atoms with Crippen molar-refractivity contribution < 1.29 is 14.7 Å². The van der Waals surface area contributed by atoms with Crippen LogP contribution in [0.2, 0.25) is 0 Å². The zero-order valence-corrected chi connectivity index (χ0v) is 13.6. The molecule has 1 aromatic heterocycles. The monoisotopic (exact) mass is 320 g/mol. The highest BCUT2D eigenvalue weighted by molar-refractivity contribution is 5.92. The molecule has 126 valence electrons. The van der Waals surface area contributed by atoms with Gasteiger partial charge in [0, 0.05) is 11.7 Å². The Hall–Kier alpha value is -2.18. The van der Waals surface area contributed by atoms with E-state index in [0.717, 1.165) is 12.1 Å². The number of hydrogen-bond acceptors (Lipinski definition) is 5. The molecule has 1 fully saturated rings. The van der Waals surface area contributed by atoms with Crippen molar-refractivity contribution in [1.29, 1.82) is 0 Å². The molecule has 2 rings (SSSR count). The Labute approximate surface area is 135 Å². The van der Waals surface area contributed by atoms with Crippen LogP contribution in [-0.2, 0) is 11.2 Å². The molecule has 0 unspecified atom stereocenters. The minimum absolute atomic E-state index is 0.0113. The molecule has 1 aliphatic carbocycles. The van der Waals surface area contributed by atoms with E-state index in [2.05, 4.69) is 29.1 Å². The van der Waals surface area contributed by atoms with Gasteiger partial charge < -0.3 is 16.2 Å². The maximum absolute atomic E-state index is 12.3. The standard InChI is InChI=1S/C16H24N4O3/c1-9(2)7-12-8-13(20-16(17)19-12)14(21)18-11-5-3-10(4-6-11)15(22)23/h8-11H,3-7H2,1-2H3,(H,18,21)(H,22,23)(H2,17,19,20). The number of rotatable bonds is 5. The third kappa shape index (κ3) is 4.91. The summed E-state index contributed by atoms with van der Waals surface area (Å²) in [6.07, 6.45) is 3.25. The summed E-state index contributed by atoms with van der Waals surface area (Å²) >= 11 is 0. The smallest absolute Gasteiger partial charge is 0.306 e. The lowest BCUT2D eigenvalue weighted by molar-refractivity contribution is -0.142. The molecule has 0 atom stereocenters. The summed E-state index contributed by atoms with van der Waals surface area (Å²) in [4.78, 5) is 31.5. The van der Waals surface area contributed by atoms with Crippen LogP contribution in [0, 0.1) is 11.8 Å². The molecule has 0 saturated heterocycles. The predicted molar refractivity (Wildman–Crippen MR) is 85.8 cm³/mol. The van der Waals surface area contributed by atoms with Gasteiger partial charge >= 0.3 is 5.97 Å². The lowest BCUT2D eigenvalue weighted by atomic mass is 9.86. The van der Waals surface area contributed by atoms with Crippen LogP contribution in [0.5, 0.6) is 0 Å². The van der Waals surface area contributed by atoms with Crippen molar-refractivity contribution in [2.24, 2.45) is 11.8 Å². The number of anilines is 1. The number of aromatic nitrogens is 2. The van der Waals surface area contributed by atoms with Crippen molar-refractivity contribution in [3.05, 3.63) is 17.5 Å². The van der Waals surface area contributed by atoms with E-state index in [9.17, 15) is 9.59 Å². The summed E-state index contributed by atoms with van der Waals surface area (Å²) in [5, 5.41) is 11.9. The number of aliphatic carboxylic acids is 1. The first kappa shape index (κ1) is 17.2. The van der Waals surface area contributed by atoms with Crippen molar-refractivity contribution in [1.82, 2.24) is 15.3 Å². The maximum Gasteiger partial charge on any atom is 0.306 e. The Morgan fingerprint density at radius 1 is 1.30 bits per heavy atom. The van der Waals surface area contributed by atoms with Crippen molar-refractivity contribution in [2.45, 2.75) is 52.0 Å². The van der Waals surface area contributed by atoms with E-state index in [0.29, 0.717) is 31.6 Å². The van der Waals surface area contributed by atoms with Crippen LogP contribution in [0.25, 0.3) is 0 Å². The van der Waals surface area contributed by atoms with Gasteiger partial charge in [-0.05, 0) is 44.1 Å². The highest BCUT2D eigenvalue weighted by Crippen LogP contribution is 2.24. The van der Waals surface area contributed by atoms with Crippen molar-refractivity contribution in [3.8, 4) is 0 Å². The summed E-state index contributed by atoms with van der Waals surface area (Å²) in [5.74, 6) is -0.815. The van der Waals surface area contributed by atoms with Gasteiger partial charge in [-0.25, -0.2) is 9.97 Å². The minimum atomic E-state index is -0.753. The van der Waals surface area contributed by atoms with Gasteiger partial charge in [0.25, 0.3) is 5.91 Å². The number of amides is 1. The number of carbonyl (C=O) groups excluding carboxylic acids is 1. The Balaban J connectivity index is 1.98. The minimum Gasteiger partial charge on any atom is -0.481 e. The van der Waals surface area contributed by atoms with Crippen molar-refractivity contribution in [3.63, 3.8) is 0 Å². The van der Waals surface area contributed by atoms with Crippen LogP contribution in [-0.4, -0.2) is 33.0 Å². The molecule has 7 heteroatoms. The average Bonchev–Trinajstić information content (AvgIpc) is 2.46. The maximum atomic E-state index is 12.3. The normalized spacial score (nSPS) is 21.2. The Bertz CT molecular complexity index is 581. The number of carboxylic acids is 1. The number of hydrogen-bond donors (Lipinski definition) is 3. The fourth-order valence-electron chi connectivity index (χ4n) is 2.90. The largest absolute Gasteiger partial charge is 0.481 e. The third-order valence-corrected chi connectivity index (χ3v) is 4.06. The number of nitrogen functional groups attached to an aromatic ring is 1. The van der Waals surface area contributed by atoms with Gasteiger partial charge in [-0.2, -0.15) is 0 Å². The first-order chi connectivity index (χ1) is 10.8. The summed E-state index contributed by atoms with van der Waals surface area (Å²) in [5.41, 5.74) is 6.72. The third-order valence-electron chi connectivity index (χ3n) is 4.06. The van der Waals surface area contributed by atoms with Gasteiger partial charge in [-0.3, -0.25) is 9.59 Å². The van der Waals surface area contributed by atoms with Crippen LogP contribution >= 0.6 is 0 Å². The topological polar surface area (TPSA) is 118 Å². The number of nitrogens with zero attached hydrogens (tertiary/aromatic N) is 2. The van der Waals surface area contributed by atoms with Gasteiger partial charge in [-0.15, -0.1) is 0 Å². The quantitative estimate of drug-likeness (QED) is 0.759. The Morgan fingerprint density at radius 2 is 1.96 bits per heavy atom. The predicted octanol–water partition coefficient (Wildman–Crippen LogP) is 1.63. The number of nitrogens with one attached hydrogen (secondary N) is 1. The van der Waals surface area contributed by atoms with Crippen LogP contribution in [0.15, 0.2) is 6.07 Å². The molecule has 0 radical (unpaired) electrons. The van der Waals surface area contributed by atoms with Gasteiger partial charge in [-0.1, -0.05) is 13.8 Å². The second-order valence-corrected chi connectivity index (χ2v) is 6.56. The molecule has 1 saturated carbocycles. The van der Waals surface area contributed by atoms with E-state index in [1.807, 2.05) is 0 Å². The summed E-state index contributed by atoms with van der Waals surface area (Å²) in [6, 6.07) is 1.66. The molecule has 1 aliphatic rings. The summed E-state index contributed by atoms with van der Waals surface area (Å²) < 4.78 is 0. The van der Waals surface area contributed by atoms with Gasteiger partial charge in [0.1, 0.15) is 5.69 Å².